The Labute approximate surface area is 142 Å². The van der Waals surface area contributed by atoms with Crippen LogP contribution in [-0.4, -0.2) is 52.2 Å². The van der Waals surface area contributed by atoms with Gasteiger partial charge in [-0.25, -0.2) is 12.7 Å². The normalized spacial score (nSPS) is 20.4. The zero-order chi connectivity index (χ0) is 17.5. The molecule has 1 fully saturated rings. The van der Waals surface area contributed by atoms with Crippen LogP contribution in [0.5, 0.6) is 11.5 Å². The maximum Gasteiger partial charge on any atom is 0.225 e. The van der Waals surface area contributed by atoms with E-state index in [-0.39, 0.29) is 12.3 Å². The first kappa shape index (κ1) is 17.0. The smallest absolute Gasteiger partial charge is 0.225 e. The summed E-state index contributed by atoms with van der Waals surface area (Å²) in [4.78, 5) is 12.2. The Morgan fingerprint density at radius 2 is 1.71 bits per heavy atom. The van der Waals surface area contributed by atoms with E-state index in [2.05, 4.69) is 5.32 Å². The molecule has 3 rings (SSSR count). The molecule has 8 heteroatoms. The van der Waals surface area contributed by atoms with Gasteiger partial charge in [0.1, 0.15) is 0 Å². The number of carbonyl (C=O) groups is 1. The molecule has 1 aromatic rings. The van der Waals surface area contributed by atoms with Gasteiger partial charge in [-0.15, -0.1) is 0 Å². The number of carbonyl (C=O) groups excluding carboxylic acids is 1. The molecule has 1 amide bonds. The number of fused-ring (bicyclic) bond motifs is 2. The van der Waals surface area contributed by atoms with Crippen molar-refractivity contribution in [2.75, 3.05) is 33.6 Å². The van der Waals surface area contributed by atoms with Crippen molar-refractivity contribution >= 4 is 15.9 Å². The Kier molecular flexibility index (Phi) is 4.21. The molecule has 0 radical (unpaired) electrons. The standard InChI is InChI=1S/C16H22N2O5S/c1-22-13-8-11-9-15(19)17-16(12(11)10-14(13)23-2)4-6-18(7-5-16)24(3,20)21/h8,10H,4-7,9H2,1-3H3,(H,17,19). The highest BCUT2D eigenvalue weighted by Crippen LogP contribution is 2.42. The van der Waals surface area contributed by atoms with Crippen molar-refractivity contribution < 1.29 is 22.7 Å². The number of amides is 1. The van der Waals surface area contributed by atoms with Crippen molar-refractivity contribution in [1.82, 2.24) is 9.62 Å². The largest absolute Gasteiger partial charge is 0.493 e. The number of rotatable bonds is 3. The Balaban J connectivity index is 2.01. The summed E-state index contributed by atoms with van der Waals surface area (Å²) < 4.78 is 35.7. The summed E-state index contributed by atoms with van der Waals surface area (Å²) >= 11 is 0. The quantitative estimate of drug-likeness (QED) is 0.860. The van der Waals surface area contributed by atoms with Crippen LogP contribution in [0.2, 0.25) is 0 Å². The Morgan fingerprint density at radius 1 is 1.12 bits per heavy atom. The molecule has 2 aliphatic rings. The minimum absolute atomic E-state index is 0.0532. The van der Waals surface area contributed by atoms with Crippen LogP contribution in [0.25, 0.3) is 0 Å². The predicted octanol–water partition coefficient (Wildman–Crippen LogP) is 0.627. The van der Waals surface area contributed by atoms with E-state index in [0.29, 0.717) is 37.4 Å². The Bertz CT molecular complexity index is 767. The first-order chi connectivity index (χ1) is 11.3. The molecule has 0 atom stereocenters. The maximum absolute atomic E-state index is 12.2. The molecule has 0 saturated carbocycles. The number of hydrogen-bond donors (Lipinski definition) is 1. The lowest BCUT2D eigenvalue weighted by molar-refractivity contribution is -0.123. The van der Waals surface area contributed by atoms with Gasteiger partial charge in [0.15, 0.2) is 11.5 Å². The average molecular weight is 354 g/mol. The minimum Gasteiger partial charge on any atom is -0.493 e. The molecule has 1 saturated heterocycles. The van der Waals surface area contributed by atoms with Crippen LogP contribution in [0.15, 0.2) is 12.1 Å². The van der Waals surface area contributed by atoms with Crippen molar-refractivity contribution in [1.29, 1.82) is 0 Å². The third-order valence-corrected chi connectivity index (χ3v) is 6.20. The summed E-state index contributed by atoms with van der Waals surface area (Å²) in [6.07, 6.45) is 2.57. The zero-order valence-corrected chi connectivity index (χ0v) is 14.9. The van der Waals surface area contributed by atoms with Crippen LogP contribution in [-0.2, 0) is 26.8 Å². The molecule has 1 spiro atoms. The summed E-state index contributed by atoms with van der Waals surface area (Å²) in [6, 6.07) is 3.75. The van der Waals surface area contributed by atoms with Gasteiger partial charge in [0, 0.05) is 13.1 Å². The van der Waals surface area contributed by atoms with Crippen molar-refractivity contribution in [2.45, 2.75) is 24.8 Å². The molecule has 1 N–H and O–H groups in total. The van der Waals surface area contributed by atoms with Gasteiger partial charge in [-0.2, -0.15) is 0 Å². The number of hydrogen-bond acceptors (Lipinski definition) is 5. The van der Waals surface area contributed by atoms with Gasteiger partial charge in [0.25, 0.3) is 0 Å². The average Bonchev–Trinajstić information content (AvgIpc) is 2.53. The summed E-state index contributed by atoms with van der Waals surface area (Å²) in [5, 5.41) is 3.09. The topological polar surface area (TPSA) is 84.9 Å². The second-order valence-corrected chi connectivity index (χ2v) is 8.32. The van der Waals surface area contributed by atoms with Crippen molar-refractivity contribution in [3.8, 4) is 11.5 Å². The second kappa shape index (κ2) is 5.93. The fourth-order valence-corrected chi connectivity index (χ4v) is 4.50. The molecule has 0 unspecified atom stereocenters. The van der Waals surface area contributed by atoms with Crippen LogP contribution < -0.4 is 14.8 Å². The van der Waals surface area contributed by atoms with Gasteiger partial charge in [-0.3, -0.25) is 4.79 Å². The van der Waals surface area contributed by atoms with E-state index >= 15 is 0 Å². The number of ether oxygens (including phenoxy) is 2. The fourth-order valence-electron chi connectivity index (χ4n) is 3.66. The number of piperidine rings is 1. The van der Waals surface area contributed by atoms with E-state index in [1.807, 2.05) is 12.1 Å². The molecule has 2 heterocycles. The number of methoxy groups -OCH3 is 2. The second-order valence-electron chi connectivity index (χ2n) is 6.33. The lowest BCUT2D eigenvalue weighted by Crippen LogP contribution is -2.56. The molecule has 0 aromatic heterocycles. The highest BCUT2D eigenvalue weighted by molar-refractivity contribution is 7.88. The van der Waals surface area contributed by atoms with E-state index < -0.39 is 15.6 Å². The first-order valence-corrected chi connectivity index (χ1v) is 9.65. The molecular weight excluding hydrogens is 332 g/mol. The molecule has 1 aromatic carbocycles. The monoisotopic (exact) mass is 354 g/mol. The number of sulfonamides is 1. The molecule has 24 heavy (non-hydrogen) atoms. The summed E-state index contributed by atoms with van der Waals surface area (Å²) in [5.74, 6) is 1.15. The molecule has 7 nitrogen and oxygen atoms in total. The minimum atomic E-state index is -3.22. The zero-order valence-electron chi connectivity index (χ0n) is 14.1. The van der Waals surface area contributed by atoms with E-state index in [9.17, 15) is 13.2 Å². The van der Waals surface area contributed by atoms with Crippen LogP contribution >= 0.6 is 0 Å². The fraction of sp³-hybridized carbons (Fsp3) is 0.562. The lowest BCUT2D eigenvalue weighted by Gasteiger charge is -2.45. The van der Waals surface area contributed by atoms with E-state index in [1.54, 1.807) is 14.2 Å². The summed E-state index contributed by atoms with van der Waals surface area (Å²) in [7, 11) is -0.0827. The third kappa shape index (κ3) is 2.84. The van der Waals surface area contributed by atoms with Crippen LogP contribution in [0, 0.1) is 0 Å². The van der Waals surface area contributed by atoms with Gasteiger partial charge in [-0.05, 0) is 36.1 Å². The molecule has 0 bridgehead atoms. The number of nitrogens with one attached hydrogen (secondary N) is 1. The van der Waals surface area contributed by atoms with Gasteiger partial charge >= 0.3 is 0 Å². The highest BCUT2D eigenvalue weighted by Gasteiger charge is 2.43. The van der Waals surface area contributed by atoms with Crippen LogP contribution in [0.1, 0.15) is 24.0 Å². The van der Waals surface area contributed by atoms with E-state index in [4.69, 9.17) is 9.47 Å². The summed E-state index contributed by atoms with van der Waals surface area (Å²) in [6.45, 7) is 0.764. The van der Waals surface area contributed by atoms with E-state index in [1.165, 1.54) is 10.6 Å². The SMILES string of the molecule is COc1cc2c(cc1OC)C1(CCN(S(C)(=O)=O)CC1)NC(=O)C2. The predicted molar refractivity (Wildman–Crippen MR) is 88.7 cm³/mol. The van der Waals surface area contributed by atoms with Crippen LogP contribution in [0.3, 0.4) is 0 Å². The van der Waals surface area contributed by atoms with Crippen molar-refractivity contribution in [2.24, 2.45) is 0 Å². The molecular formula is C16H22N2O5S. The van der Waals surface area contributed by atoms with Gasteiger partial charge in [0.2, 0.25) is 15.9 Å². The third-order valence-electron chi connectivity index (χ3n) is 4.90. The maximum atomic E-state index is 12.2. The molecule has 0 aliphatic carbocycles. The first-order valence-electron chi connectivity index (χ1n) is 7.80. The van der Waals surface area contributed by atoms with Gasteiger partial charge < -0.3 is 14.8 Å². The molecule has 132 valence electrons. The Hall–Kier alpha value is -1.80. The van der Waals surface area contributed by atoms with Crippen molar-refractivity contribution in [3.05, 3.63) is 23.3 Å². The van der Waals surface area contributed by atoms with Gasteiger partial charge in [0.05, 0.1) is 32.4 Å². The van der Waals surface area contributed by atoms with Crippen LogP contribution in [0.4, 0.5) is 0 Å². The number of benzene rings is 1. The highest BCUT2D eigenvalue weighted by atomic mass is 32.2. The number of nitrogens with zero attached hydrogens (tertiary/aromatic N) is 1. The molecule has 2 aliphatic heterocycles. The van der Waals surface area contributed by atoms with Crippen molar-refractivity contribution in [3.63, 3.8) is 0 Å². The summed E-state index contributed by atoms with van der Waals surface area (Å²) in [5.41, 5.74) is 1.35. The van der Waals surface area contributed by atoms with Gasteiger partial charge in [-0.1, -0.05) is 0 Å². The van der Waals surface area contributed by atoms with E-state index in [0.717, 1.165) is 11.1 Å². The lowest BCUT2D eigenvalue weighted by atomic mass is 9.76. The Morgan fingerprint density at radius 3 is 2.25 bits per heavy atom.